The van der Waals surface area contributed by atoms with Gasteiger partial charge in [-0.15, -0.1) is 0 Å². The predicted molar refractivity (Wildman–Crippen MR) is 160 cm³/mol. The molecule has 1 aromatic rings. The summed E-state index contributed by atoms with van der Waals surface area (Å²) in [5, 5.41) is 10.1. The fraction of sp³-hybridized carbons (Fsp3) is 0.765. The smallest absolute Gasteiger partial charge is 0.226 e. The third-order valence-corrected chi connectivity index (χ3v) is 11.7. The Balaban J connectivity index is 1.31. The molecule has 1 aromatic carbocycles. The number of hydrogen-bond donors (Lipinski definition) is 1. The number of likely N-dealkylation sites (tertiary alicyclic amines) is 2. The predicted octanol–water partition coefficient (Wildman–Crippen LogP) is 5.44. The first kappa shape index (κ1) is 29.6. The van der Waals surface area contributed by atoms with Gasteiger partial charge in [-0.1, -0.05) is 57.5 Å². The molecule has 1 N–H and O–H groups in total. The zero-order valence-corrected chi connectivity index (χ0v) is 25.5. The molecule has 1 spiro atoms. The highest BCUT2D eigenvalue weighted by molar-refractivity contribution is 5.83. The van der Waals surface area contributed by atoms with Crippen molar-refractivity contribution in [2.24, 2.45) is 23.7 Å². The first-order chi connectivity index (χ1) is 19.2. The van der Waals surface area contributed by atoms with Crippen molar-refractivity contribution in [3.05, 3.63) is 35.9 Å². The van der Waals surface area contributed by atoms with Crippen molar-refractivity contribution >= 4 is 11.8 Å². The van der Waals surface area contributed by atoms with E-state index in [1.165, 1.54) is 24.8 Å². The number of nitrogens with zero attached hydrogens (tertiary/aromatic N) is 3. The van der Waals surface area contributed by atoms with Gasteiger partial charge in [-0.05, 0) is 94.7 Å². The van der Waals surface area contributed by atoms with Gasteiger partial charge in [-0.2, -0.15) is 0 Å². The van der Waals surface area contributed by atoms with Crippen LogP contribution in [0.5, 0.6) is 0 Å². The summed E-state index contributed by atoms with van der Waals surface area (Å²) in [6.07, 6.45) is 10.8. The molecule has 2 aliphatic heterocycles. The Morgan fingerprint density at radius 1 is 1.07 bits per heavy atom. The van der Waals surface area contributed by atoms with E-state index < -0.39 is 0 Å². The Bertz CT molecular complexity index is 1020. The van der Waals surface area contributed by atoms with Crippen molar-refractivity contribution in [3.8, 4) is 0 Å². The monoisotopic (exact) mass is 551 g/mol. The number of carbonyl (C=O) groups is 2. The second-order valence-corrected chi connectivity index (χ2v) is 13.9. The number of aliphatic hydroxyl groups is 1. The van der Waals surface area contributed by atoms with Gasteiger partial charge in [0.15, 0.2) is 0 Å². The Labute approximate surface area is 242 Å². The molecule has 6 heteroatoms. The van der Waals surface area contributed by atoms with Crippen molar-refractivity contribution in [3.63, 3.8) is 0 Å². The molecule has 2 heterocycles. The molecule has 5 rings (SSSR count). The topological polar surface area (TPSA) is 64.1 Å². The summed E-state index contributed by atoms with van der Waals surface area (Å²) in [7, 11) is 2.27. The number of hydrogen-bond acceptors (Lipinski definition) is 4. The molecule has 0 bridgehead atoms. The van der Waals surface area contributed by atoms with Crippen molar-refractivity contribution in [2.45, 2.75) is 109 Å². The van der Waals surface area contributed by atoms with Gasteiger partial charge < -0.3 is 14.9 Å². The van der Waals surface area contributed by atoms with E-state index in [1.807, 2.05) is 11.8 Å². The molecule has 4 atom stereocenters. The molecule has 2 amide bonds. The van der Waals surface area contributed by atoms with Crippen LogP contribution in [-0.4, -0.2) is 76.5 Å². The Hall–Kier alpha value is -1.92. The van der Waals surface area contributed by atoms with Gasteiger partial charge >= 0.3 is 0 Å². The summed E-state index contributed by atoms with van der Waals surface area (Å²) in [5.74, 6) is 1.19. The maximum absolute atomic E-state index is 14.3. The number of carbonyl (C=O) groups excluding carboxylic acids is 2. The van der Waals surface area contributed by atoms with E-state index in [1.54, 1.807) is 0 Å². The quantitative estimate of drug-likeness (QED) is 0.467. The van der Waals surface area contributed by atoms with E-state index in [-0.39, 0.29) is 40.8 Å². The fourth-order valence-corrected chi connectivity index (χ4v) is 8.36. The van der Waals surface area contributed by atoms with Crippen LogP contribution in [0.4, 0.5) is 0 Å². The molecule has 40 heavy (non-hydrogen) atoms. The number of rotatable bonds is 8. The summed E-state index contributed by atoms with van der Waals surface area (Å²) in [5.41, 5.74) is 1.40. The van der Waals surface area contributed by atoms with Crippen LogP contribution >= 0.6 is 0 Å². The molecular weight excluding hydrogens is 498 g/mol. The molecule has 0 radical (unpaired) electrons. The van der Waals surface area contributed by atoms with Crippen LogP contribution in [-0.2, 0) is 15.1 Å². The molecule has 2 saturated carbocycles. The van der Waals surface area contributed by atoms with E-state index in [4.69, 9.17) is 0 Å². The zero-order chi connectivity index (χ0) is 28.5. The fourth-order valence-electron chi connectivity index (χ4n) is 8.36. The maximum atomic E-state index is 14.3. The summed E-state index contributed by atoms with van der Waals surface area (Å²) in [6, 6.07) is 11.0. The number of benzene rings is 1. The molecule has 0 aromatic heterocycles. The van der Waals surface area contributed by atoms with Crippen LogP contribution in [0.3, 0.4) is 0 Å². The second-order valence-electron chi connectivity index (χ2n) is 13.9. The minimum Gasteiger partial charge on any atom is -0.393 e. The average Bonchev–Trinajstić information content (AvgIpc) is 2.94. The second kappa shape index (κ2) is 12.1. The first-order valence-electron chi connectivity index (χ1n) is 16.2. The van der Waals surface area contributed by atoms with Gasteiger partial charge in [0, 0.05) is 43.1 Å². The highest BCUT2D eigenvalue weighted by atomic mass is 16.3. The van der Waals surface area contributed by atoms with Gasteiger partial charge in [-0.25, -0.2) is 0 Å². The minimum atomic E-state index is -0.314. The number of amides is 2. The summed E-state index contributed by atoms with van der Waals surface area (Å²) in [6.45, 7) is 9.56. The summed E-state index contributed by atoms with van der Waals surface area (Å²) >= 11 is 0. The SMILES string of the molecule is CCN(C)[C@]1(c2ccccc2)CC[C@@]2(CCC(C(C)CC(=O)N3CC[C@H](O)[C@@H](C)C3)C(=O)N2CC2CCC2)CC1. The van der Waals surface area contributed by atoms with Crippen molar-refractivity contribution in [2.75, 3.05) is 33.2 Å². The van der Waals surface area contributed by atoms with Crippen molar-refractivity contribution < 1.29 is 14.7 Å². The Morgan fingerprint density at radius 3 is 2.38 bits per heavy atom. The molecule has 2 aliphatic carbocycles. The van der Waals surface area contributed by atoms with Gasteiger partial charge in [0.2, 0.25) is 11.8 Å². The van der Waals surface area contributed by atoms with E-state index in [2.05, 4.69) is 61.0 Å². The maximum Gasteiger partial charge on any atom is 0.226 e. The van der Waals surface area contributed by atoms with E-state index in [0.29, 0.717) is 37.8 Å². The standard InChI is InChI=1S/C34H53N3O3/c1-5-35(4)34(28-12-7-6-8-13-28)19-17-33(18-20-34)16-14-29(32(40)37(33)24-27-10-9-11-27)25(2)22-31(39)36-21-15-30(38)26(3)23-36/h6-8,12-13,25-27,29-30,38H,5,9-11,14-24H2,1-4H3/t25?,26-,29?,30-,33-,34+/m0/s1. The lowest BCUT2D eigenvalue weighted by Gasteiger charge is -2.58. The van der Waals surface area contributed by atoms with Gasteiger partial charge in [0.1, 0.15) is 0 Å². The normalized spacial score (nSPS) is 34.2. The number of aliphatic hydroxyl groups excluding tert-OH is 1. The molecule has 6 nitrogen and oxygen atoms in total. The Morgan fingerprint density at radius 2 is 1.77 bits per heavy atom. The highest BCUT2D eigenvalue weighted by Gasteiger charge is 2.53. The van der Waals surface area contributed by atoms with E-state index in [9.17, 15) is 14.7 Å². The van der Waals surface area contributed by atoms with Gasteiger partial charge in [-0.3, -0.25) is 14.5 Å². The zero-order valence-electron chi connectivity index (χ0n) is 25.5. The molecule has 2 saturated heterocycles. The van der Waals surface area contributed by atoms with Crippen LogP contribution in [0.25, 0.3) is 0 Å². The van der Waals surface area contributed by atoms with E-state index >= 15 is 0 Å². The van der Waals surface area contributed by atoms with E-state index in [0.717, 1.165) is 51.6 Å². The van der Waals surface area contributed by atoms with Gasteiger partial charge in [0.05, 0.1) is 6.10 Å². The molecule has 4 aliphatic rings. The van der Waals surface area contributed by atoms with Crippen LogP contribution in [0.15, 0.2) is 30.3 Å². The average molecular weight is 552 g/mol. The van der Waals surface area contributed by atoms with Crippen LogP contribution in [0.2, 0.25) is 0 Å². The van der Waals surface area contributed by atoms with Crippen LogP contribution in [0.1, 0.15) is 97.0 Å². The third kappa shape index (κ3) is 5.60. The molecule has 4 fully saturated rings. The van der Waals surface area contributed by atoms with Gasteiger partial charge in [0.25, 0.3) is 0 Å². The lowest BCUT2D eigenvalue weighted by molar-refractivity contribution is -0.158. The third-order valence-electron chi connectivity index (χ3n) is 11.7. The first-order valence-corrected chi connectivity index (χ1v) is 16.2. The van der Waals surface area contributed by atoms with Crippen LogP contribution < -0.4 is 0 Å². The summed E-state index contributed by atoms with van der Waals surface area (Å²) in [4.78, 5) is 34.4. The lowest BCUT2D eigenvalue weighted by atomic mass is 9.63. The molecule has 222 valence electrons. The largest absolute Gasteiger partial charge is 0.393 e. The van der Waals surface area contributed by atoms with Crippen molar-refractivity contribution in [1.29, 1.82) is 0 Å². The summed E-state index contributed by atoms with van der Waals surface area (Å²) < 4.78 is 0. The lowest BCUT2D eigenvalue weighted by Crippen LogP contribution is -2.63. The van der Waals surface area contributed by atoms with Crippen molar-refractivity contribution in [1.82, 2.24) is 14.7 Å². The minimum absolute atomic E-state index is 0.0299. The highest BCUT2D eigenvalue weighted by Crippen LogP contribution is 2.52. The molecular formula is C34H53N3O3. The van der Waals surface area contributed by atoms with Crippen LogP contribution in [0, 0.1) is 23.7 Å². The number of piperidine rings is 2. The Kier molecular flexibility index (Phi) is 8.97. The molecule has 2 unspecified atom stereocenters.